The lowest BCUT2D eigenvalue weighted by molar-refractivity contribution is -0.139. The number of carbonyl (C=O) groups is 1. The topological polar surface area (TPSA) is 82.0 Å². The zero-order chi connectivity index (χ0) is 24.3. The minimum Gasteiger partial charge on any atom is -0.496 e. The van der Waals surface area contributed by atoms with Gasteiger partial charge in [-0.2, -0.15) is 13.2 Å². The van der Waals surface area contributed by atoms with E-state index in [0.29, 0.717) is 34.5 Å². The molecule has 1 fully saturated rings. The van der Waals surface area contributed by atoms with Crippen LogP contribution in [0.1, 0.15) is 49.3 Å². The summed E-state index contributed by atoms with van der Waals surface area (Å²) in [4.78, 5) is 13.1. The van der Waals surface area contributed by atoms with Crippen molar-refractivity contribution in [3.63, 3.8) is 0 Å². The Hall–Kier alpha value is -2.62. The molecule has 2 aromatic carbocycles. The molecule has 1 saturated carbocycles. The molecule has 0 bridgehead atoms. The van der Waals surface area contributed by atoms with E-state index in [-0.39, 0.29) is 12.6 Å². The average molecular weight is 467 g/mol. The summed E-state index contributed by atoms with van der Waals surface area (Å²) in [5.41, 5.74) is 1.04. The van der Waals surface area contributed by atoms with Gasteiger partial charge in [0.05, 0.1) is 18.6 Å². The highest BCUT2D eigenvalue weighted by molar-refractivity contribution is 5.79. The predicted molar refractivity (Wildman–Crippen MR) is 118 cm³/mol. The summed E-state index contributed by atoms with van der Waals surface area (Å²) in [6, 6.07) is 8.55. The summed E-state index contributed by atoms with van der Waals surface area (Å²) in [7, 11) is 1.45. The monoisotopic (exact) mass is 466 g/mol. The highest BCUT2D eigenvalue weighted by Gasteiger charge is 2.32. The molecule has 3 N–H and O–H groups in total. The van der Waals surface area contributed by atoms with E-state index in [4.69, 9.17) is 4.74 Å². The van der Waals surface area contributed by atoms with Crippen molar-refractivity contribution in [1.82, 2.24) is 10.2 Å². The molecule has 6 nitrogen and oxygen atoms in total. The Morgan fingerprint density at radius 2 is 1.91 bits per heavy atom. The third-order valence-corrected chi connectivity index (χ3v) is 5.90. The van der Waals surface area contributed by atoms with Crippen molar-refractivity contribution < 1.29 is 32.9 Å². The molecule has 2 aromatic rings. The number of rotatable bonds is 10. The number of carboxylic acid groups (broad SMARTS) is 1. The lowest BCUT2D eigenvalue weighted by Crippen LogP contribution is -2.46. The number of halogens is 3. The van der Waals surface area contributed by atoms with Crippen LogP contribution in [-0.4, -0.2) is 47.1 Å². The number of hydrogen-bond acceptors (Lipinski definition) is 5. The van der Waals surface area contributed by atoms with Crippen LogP contribution in [0, 0.1) is 0 Å². The van der Waals surface area contributed by atoms with E-state index in [1.165, 1.54) is 13.2 Å². The van der Waals surface area contributed by atoms with Crippen molar-refractivity contribution >= 4 is 5.97 Å². The zero-order valence-corrected chi connectivity index (χ0v) is 18.8. The number of carboxylic acids is 1. The van der Waals surface area contributed by atoms with E-state index in [1.807, 2.05) is 6.92 Å². The summed E-state index contributed by atoms with van der Waals surface area (Å²) < 4.78 is 45.9. The van der Waals surface area contributed by atoms with Crippen molar-refractivity contribution in [3.05, 3.63) is 53.1 Å². The van der Waals surface area contributed by atoms with E-state index in [9.17, 15) is 28.2 Å². The van der Waals surface area contributed by atoms with Gasteiger partial charge in [0.1, 0.15) is 5.75 Å². The normalized spacial score (nSPS) is 16.0. The lowest BCUT2D eigenvalue weighted by Gasteiger charge is -2.29. The van der Waals surface area contributed by atoms with Gasteiger partial charge >= 0.3 is 12.1 Å². The molecule has 2 atom stereocenters. The standard InChI is InChI=1S/C24H29F3N2O4/c1-4-29(23(32)28-18-7-8-18)13-16-11-17(24(25,26)27)6-9-19(16)20-12-15(14(2)22(30)31)5-10-21(20)33-3/h5-6,9-12,14,18,23,28,32H,4,7-8,13H2,1-3H3,(H,30,31). The van der Waals surface area contributed by atoms with Gasteiger partial charge < -0.3 is 14.9 Å². The van der Waals surface area contributed by atoms with Crippen LogP contribution >= 0.6 is 0 Å². The van der Waals surface area contributed by atoms with Crippen molar-refractivity contribution in [1.29, 1.82) is 0 Å². The van der Waals surface area contributed by atoms with Gasteiger partial charge in [-0.25, -0.2) is 0 Å². The molecule has 3 rings (SSSR count). The fourth-order valence-electron chi connectivity index (χ4n) is 3.67. The Bertz CT molecular complexity index is 992. The Labute approximate surface area is 191 Å². The number of aliphatic hydroxyl groups is 1. The zero-order valence-electron chi connectivity index (χ0n) is 18.8. The highest BCUT2D eigenvalue weighted by atomic mass is 19.4. The van der Waals surface area contributed by atoms with Crippen molar-refractivity contribution in [2.45, 2.75) is 57.7 Å². The lowest BCUT2D eigenvalue weighted by atomic mass is 9.92. The molecule has 180 valence electrons. The first-order chi connectivity index (χ1) is 15.5. The Morgan fingerprint density at radius 1 is 1.21 bits per heavy atom. The molecular weight excluding hydrogens is 437 g/mol. The number of aliphatic carboxylic acids is 1. The number of nitrogens with zero attached hydrogens (tertiary/aromatic N) is 1. The molecule has 0 radical (unpaired) electrons. The number of hydrogen-bond donors (Lipinski definition) is 3. The Kier molecular flexibility index (Phi) is 7.66. The van der Waals surface area contributed by atoms with Gasteiger partial charge in [-0.15, -0.1) is 0 Å². The van der Waals surface area contributed by atoms with Gasteiger partial charge in [-0.3, -0.25) is 15.0 Å². The maximum Gasteiger partial charge on any atom is 0.416 e. The van der Waals surface area contributed by atoms with Gasteiger partial charge in [0.2, 0.25) is 0 Å². The van der Waals surface area contributed by atoms with E-state index in [0.717, 1.165) is 25.0 Å². The Balaban J connectivity index is 2.09. The van der Waals surface area contributed by atoms with E-state index >= 15 is 0 Å². The van der Waals surface area contributed by atoms with Gasteiger partial charge in [0.25, 0.3) is 0 Å². The molecule has 0 amide bonds. The van der Waals surface area contributed by atoms with Crippen LogP contribution in [0.3, 0.4) is 0 Å². The van der Waals surface area contributed by atoms with Gasteiger partial charge in [0.15, 0.2) is 6.35 Å². The average Bonchev–Trinajstić information content (AvgIpc) is 3.59. The molecule has 0 spiro atoms. The molecule has 1 aliphatic rings. The highest BCUT2D eigenvalue weighted by Crippen LogP contribution is 2.39. The number of methoxy groups -OCH3 is 1. The number of benzene rings is 2. The van der Waals surface area contributed by atoms with Gasteiger partial charge in [-0.05, 0) is 67.3 Å². The second-order valence-electron chi connectivity index (χ2n) is 8.27. The van der Waals surface area contributed by atoms with Crippen molar-refractivity contribution in [2.24, 2.45) is 0 Å². The van der Waals surface area contributed by atoms with Crippen molar-refractivity contribution in [3.8, 4) is 16.9 Å². The third-order valence-electron chi connectivity index (χ3n) is 5.90. The van der Waals surface area contributed by atoms with Gasteiger partial charge in [-0.1, -0.05) is 19.1 Å². The molecule has 1 aliphatic carbocycles. The molecule has 9 heteroatoms. The van der Waals surface area contributed by atoms with E-state index in [1.54, 1.807) is 30.0 Å². The molecule has 0 saturated heterocycles. The SMILES string of the molecule is CCN(Cc1cc(C(F)(F)F)ccc1-c1cc(C(C)C(=O)O)ccc1OC)C(O)NC1CC1. The Morgan fingerprint density at radius 3 is 2.45 bits per heavy atom. The third kappa shape index (κ3) is 6.04. The van der Waals surface area contributed by atoms with Crippen LogP contribution in [0.15, 0.2) is 36.4 Å². The number of aliphatic hydroxyl groups excluding tert-OH is 1. The summed E-state index contributed by atoms with van der Waals surface area (Å²) in [6.07, 6.45) is -3.62. The fourth-order valence-corrected chi connectivity index (χ4v) is 3.67. The molecule has 0 heterocycles. The number of alkyl halides is 3. The van der Waals surface area contributed by atoms with Crippen LogP contribution < -0.4 is 10.1 Å². The van der Waals surface area contributed by atoms with Gasteiger partial charge in [0, 0.05) is 18.2 Å². The molecule has 2 unspecified atom stereocenters. The van der Waals surface area contributed by atoms with Crippen LogP contribution in [0.25, 0.3) is 11.1 Å². The maximum atomic E-state index is 13.5. The summed E-state index contributed by atoms with van der Waals surface area (Å²) in [6.45, 7) is 3.82. The number of ether oxygens (including phenoxy) is 1. The van der Waals surface area contributed by atoms with Crippen molar-refractivity contribution in [2.75, 3.05) is 13.7 Å². The molecule has 0 aliphatic heterocycles. The second kappa shape index (κ2) is 10.1. The first kappa shape index (κ1) is 25.0. The summed E-state index contributed by atoms with van der Waals surface area (Å²) >= 11 is 0. The van der Waals surface area contributed by atoms with Crippen LogP contribution in [0.5, 0.6) is 5.75 Å². The largest absolute Gasteiger partial charge is 0.496 e. The maximum absolute atomic E-state index is 13.5. The fraction of sp³-hybridized carbons (Fsp3) is 0.458. The smallest absolute Gasteiger partial charge is 0.416 e. The predicted octanol–water partition coefficient (Wildman–Crippen LogP) is 4.42. The quantitative estimate of drug-likeness (QED) is 0.450. The second-order valence-corrected chi connectivity index (χ2v) is 8.27. The number of nitrogens with one attached hydrogen (secondary N) is 1. The van der Waals surface area contributed by atoms with E-state index in [2.05, 4.69) is 5.32 Å². The van der Waals surface area contributed by atoms with E-state index < -0.39 is 30.0 Å². The van der Waals surface area contributed by atoms with Crippen LogP contribution in [0.4, 0.5) is 13.2 Å². The summed E-state index contributed by atoms with van der Waals surface area (Å²) in [5.74, 6) is -1.40. The molecular formula is C24H29F3N2O4. The molecule has 0 aromatic heterocycles. The minimum atomic E-state index is -4.53. The minimum absolute atomic E-state index is 0.0541. The molecule has 33 heavy (non-hydrogen) atoms. The van der Waals surface area contributed by atoms with Crippen LogP contribution in [0.2, 0.25) is 0 Å². The first-order valence-electron chi connectivity index (χ1n) is 10.8. The first-order valence-corrected chi connectivity index (χ1v) is 10.8. The summed E-state index contributed by atoms with van der Waals surface area (Å²) in [5, 5.41) is 23.0. The van der Waals surface area contributed by atoms with Crippen LogP contribution in [-0.2, 0) is 17.5 Å².